The third-order valence-electron chi connectivity index (χ3n) is 3.00. The highest BCUT2D eigenvalue weighted by atomic mass is 79.9. The zero-order chi connectivity index (χ0) is 13.2. The highest BCUT2D eigenvalue weighted by Crippen LogP contribution is 2.30. The van der Waals surface area contributed by atoms with Crippen molar-refractivity contribution in [1.82, 2.24) is 4.72 Å². The lowest BCUT2D eigenvalue weighted by Crippen LogP contribution is -2.31. The second-order valence-corrected chi connectivity index (χ2v) is 8.79. The van der Waals surface area contributed by atoms with Gasteiger partial charge in [0.15, 0.2) is 0 Å². The summed E-state index contributed by atoms with van der Waals surface area (Å²) in [6.45, 7) is 3.85. The maximum Gasteiger partial charge on any atom is 0.250 e. The number of rotatable bonds is 4. The van der Waals surface area contributed by atoms with Crippen LogP contribution in [0, 0.1) is 12.8 Å². The fourth-order valence-corrected chi connectivity index (χ4v) is 5.20. The van der Waals surface area contributed by atoms with Gasteiger partial charge in [0.1, 0.15) is 4.21 Å². The van der Waals surface area contributed by atoms with Crippen LogP contribution in [0.2, 0.25) is 0 Å². The summed E-state index contributed by atoms with van der Waals surface area (Å²) in [5.74, 6) is 0.387. The molecule has 1 fully saturated rings. The molecule has 0 unspecified atom stereocenters. The SMILES string of the molecule is Cc1cc(S(=O)(=O)NCC2CCOCC2)sc1Br. The van der Waals surface area contributed by atoms with Crippen LogP contribution in [0.15, 0.2) is 14.1 Å². The lowest BCUT2D eigenvalue weighted by Gasteiger charge is -2.21. The van der Waals surface area contributed by atoms with E-state index in [1.807, 2.05) is 6.92 Å². The molecule has 1 N–H and O–H groups in total. The van der Waals surface area contributed by atoms with Gasteiger partial charge in [-0.2, -0.15) is 0 Å². The molecule has 0 aromatic carbocycles. The van der Waals surface area contributed by atoms with Crippen molar-refractivity contribution in [2.75, 3.05) is 19.8 Å². The molecule has 1 aromatic heterocycles. The predicted octanol–water partition coefficient (Wildman–Crippen LogP) is 2.52. The van der Waals surface area contributed by atoms with Crippen molar-refractivity contribution in [3.8, 4) is 0 Å². The van der Waals surface area contributed by atoms with E-state index in [1.54, 1.807) is 6.07 Å². The number of sulfonamides is 1. The Balaban J connectivity index is 1.98. The molecule has 2 rings (SSSR count). The van der Waals surface area contributed by atoms with E-state index in [4.69, 9.17) is 4.74 Å². The van der Waals surface area contributed by atoms with Crippen molar-refractivity contribution in [3.05, 3.63) is 15.4 Å². The van der Waals surface area contributed by atoms with Crippen LogP contribution in [0.4, 0.5) is 0 Å². The first-order valence-corrected chi connectivity index (χ1v) is 8.91. The molecule has 0 spiro atoms. The second-order valence-electron chi connectivity index (χ2n) is 4.43. The fourth-order valence-electron chi connectivity index (χ4n) is 1.81. The first kappa shape index (κ1) is 14.5. The molecule has 1 aliphatic rings. The average molecular weight is 354 g/mol. The van der Waals surface area contributed by atoms with E-state index >= 15 is 0 Å². The van der Waals surface area contributed by atoms with Crippen molar-refractivity contribution < 1.29 is 13.2 Å². The fraction of sp³-hybridized carbons (Fsp3) is 0.636. The number of hydrogen-bond acceptors (Lipinski definition) is 4. The number of hydrogen-bond donors (Lipinski definition) is 1. The van der Waals surface area contributed by atoms with Crippen molar-refractivity contribution in [2.45, 2.75) is 24.0 Å². The lowest BCUT2D eigenvalue weighted by molar-refractivity contribution is 0.0678. The molecule has 4 nitrogen and oxygen atoms in total. The monoisotopic (exact) mass is 353 g/mol. The molecule has 0 saturated carbocycles. The van der Waals surface area contributed by atoms with Crippen LogP contribution in [0.25, 0.3) is 0 Å². The summed E-state index contributed by atoms with van der Waals surface area (Å²) >= 11 is 4.60. The molecule has 1 aliphatic heterocycles. The van der Waals surface area contributed by atoms with Gasteiger partial charge >= 0.3 is 0 Å². The Hall–Kier alpha value is 0.0500. The lowest BCUT2D eigenvalue weighted by atomic mass is 10.0. The first-order valence-electron chi connectivity index (χ1n) is 5.82. The summed E-state index contributed by atoms with van der Waals surface area (Å²) in [6.07, 6.45) is 1.85. The van der Waals surface area contributed by atoms with Crippen LogP contribution < -0.4 is 4.72 Å². The van der Waals surface area contributed by atoms with E-state index in [0.717, 1.165) is 35.4 Å². The summed E-state index contributed by atoms with van der Waals surface area (Å²) < 4.78 is 33.4. The van der Waals surface area contributed by atoms with Gasteiger partial charge < -0.3 is 4.74 Å². The molecule has 0 aliphatic carbocycles. The largest absolute Gasteiger partial charge is 0.381 e. The minimum atomic E-state index is -3.36. The molecular formula is C11H16BrNO3S2. The molecule has 102 valence electrons. The Bertz CT molecular complexity index is 487. The molecule has 2 heterocycles. The number of aryl methyl sites for hydroxylation is 1. The van der Waals surface area contributed by atoms with Gasteiger partial charge in [0.05, 0.1) is 3.79 Å². The Morgan fingerprint density at radius 1 is 1.50 bits per heavy atom. The van der Waals surface area contributed by atoms with E-state index in [-0.39, 0.29) is 0 Å². The summed E-state index contributed by atoms with van der Waals surface area (Å²) in [5.41, 5.74) is 0.950. The maximum atomic E-state index is 12.1. The van der Waals surface area contributed by atoms with Gasteiger partial charge in [-0.05, 0) is 53.2 Å². The molecule has 7 heteroatoms. The van der Waals surface area contributed by atoms with E-state index < -0.39 is 10.0 Å². The Labute approximate surface area is 120 Å². The predicted molar refractivity (Wildman–Crippen MR) is 75.5 cm³/mol. The first-order chi connectivity index (χ1) is 8.49. The van der Waals surface area contributed by atoms with Gasteiger partial charge in [-0.15, -0.1) is 11.3 Å². The summed E-state index contributed by atoms with van der Waals surface area (Å²) in [5, 5.41) is 0. The highest BCUT2D eigenvalue weighted by Gasteiger charge is 2.21. The van der Waals surface area contributed by atoms with Gasteiger partial charge in [0.2, 0.25) is 10.0 Å². The number of nitrogens with one attached hydrogen (secondary N) is 1. The van der Waals surface area contributed by atoms with E-state index in [1.165, 1.54) is 11.3 Å². The van der Waals surface area contributed by atoms with E-state index in [0.29, 0.717) is 16.7 Å². The van der Waals surface area contributed by atoms with Gasteiger partial charge in [-0.25, -0.2) is 13.1 Å². The highest BCUT2D eigenvalue weighted by molar-refractivity contribution is 9.11. The minimum absolute atomic E-state index is 0.374. The van der Waals surface area contributed by atoms with Crippen LogP contribution in [0.3, 0.4) is 0 Å². The van der Waals surface area contributed by atoms with Gasteiger partial charge in [-0.3, -0.25) is 0 Å². The van der Waals surface area contributed by atoms with Crippen molar-refractivity contribution in [3.63, 3.8) is 0 Å². The van der Waals surface area contributed by atoms with Crippen LogP contribution >= 0.6 is 27.3 Å². The Morgan fingerprint density at radius 3 is 2.72 bits per heavy atom. The number of ether oxygens (including phenoxy) is 1. The van der Waals surface area contributed by atoms with Crippen LogP contribution in [0.1, 0.15) is 18.4 Å². The van der Waals surface area contributed by atoms with Crippen molar-refractivity contribution in [1.29, 1.82) is 0 Å². The number of halogens is 1. The van der Waals surface area contributed by atoms with E-state index in [9.17, 15) is 8.42 Å². The maximum absolute atomic E-state index is 12.1. The van der Waals surface area contributed by atoms with Crippen LogP contribution in [-0.4, -0.2) is 28.2 Å². The average Bonchev–Trinajstić information content (AvgIpc) is 2.70. The molecule has 1 saturated heterocycles. The molecule has 0 atom stereocenters. The second kappa shape index (κ2) is 6.00. The summed E-state index contributed by atoms with van der Waals surface area (Å²) in [4.78, 5) is 0. The molecule has 18 heavy (non-hydrogen) atoms. The summed E-state index contributed by atoms with van der Waals surface area (Å²) in [7, 11) is -3.36. The third-order valence-corrected chi connectivity index (χ3v) is 7.04. The third kappa shape index (κ3) is 3.54. The molecule has 0 bridgehead atoms. The van der Waals surface area contributed by atoms with Crippen LogP contribution in [0.5, 0.6) is 0 Å². The Morgan fingerprint density at radius 2 is 2.17 bits per heavy atom. The minimum Gasteiger partial charge on any atom is -0.381 e. The zero-order valence-corrected chi connectivity index (χ0v) is 13.3. The van der Waals surface area contributed by atoms with Crippen molar-refractivity contribution >= 4 is 37.3 Å². The van der Waals surface area contributed by atoms with Crippen molar-refractivity contribution in [2.24, 2.45) is 5.92 Å². The molecule has 0 radical (unpaired) electrons. The number of thiophene rings is 1. The standard InChI is InChI=1S/C11H16BrNO3S2/c1-8-6-10(17-11(8)12)18(14,15)13-7-9-2-4-16-5-3-9/h6,9,13H,2-5,7H2,1H3. The van der Waals surface area contributed by atoms with Crippen LogP contribution in [-0.2, 0) is 14.8 Å². The molecule has 1 aromatic rings. The summed E-state index contributed by atoms with van der Waals surface area (Å²) in [6, 6.07) is 1.70. The van der Waals surface area contributed by atoms with Gasteiger partial charge in [0, 0.05) is 19.8 Å². The van der Waals surface area contributed by atoms with Gasteiger partial charge in [0.25, 0.3) is 0 Å². The topological polar surface area (TPSA) is 55.4 Å². The van der Waals surface area contributed by atoms with Gasteiger partial charge in [-0.1, -0.05) is 0 Å². The quantitative estimate of drug-likeness (QED) is 0.904. The Kier molecular flexibility index (Phi) is 4.82. The molecular weight excluding hydrogens is 338 g/mol. The zero-order valence-electron chi connectivity index (χ0n) is 10.1. The molecule has 0 amide bonds. The van der Waals surface area contributed by atoms with E-state index in [2.05, 4.69) is 20.7 Å². The normalized spacial score (nSPS) is 18.1. The smallest absolute Gasteiger partial charge is 0.250 e.